The van der Waals surface area contributed by atoms with Crippen LogP contribution in [-0.2, 0) is 20.7 Å². The van der Waals surface area contributed by atoms with Gasteiger partial charge in [0.25, 0.3) is 0 Å². The number of methoxy groups -OCH3 is 1. The minimum absolute atomic E-state index is 0.182. The molecule has 0 bridgehead atoms. The third-order valence-electron chi connectivity index (χ3n) is 3.23. The zero-order valence-corrected chi connectivity index (χ0v) is 12.6. The number of carbonyl (C=O) groups excluding carboxylic acids is 2. The molecule has 1 amide bonds. The summed E-state index contributed by atoms with van der Waals surface area (Å²) in [5, 5.41) is 2.73. The molecule has 5 nitrogen and oxygen atoms in total. The highest BCUT2D eigenvalue weighted by atomic mass is 16.5. The van der Waals surface area contributed by atoms with Gasteiger partial charge in [-0.05, 0) is 30.2 Å². The number of amides is 1. The maximum atomic E-state index is 12.2. The van der Waals surface area contributed by atoms with Crippen LogP contribution in [0.4, 0.5) is 0 Å². The topological polar surface area (TPSA) is 68.3 Å². The Morgan fingerprint density at radius 2 is 1.95 bits per heavy atom. The van der Waals surface area contributed by atoms with Gasteiger partial charge in [-0.25, -0.2) is 4.79 Å². The number of nitrogens with one attached hydrogen (secondary N) is 1. The van der Waals surface area contributed by atoms with E-state index in [0.717, 1.165) is 11.1 Å². The van der Waals surface area contributed by atoms with Gasteiger partial charge >= 0.3 is 5.97 Å². The number of esters is 1. The van der Waals surface area contributed by atoms with E-state index < -0.39 is 12.0 Å². The number of rotatable bonds is 5. The van der Waals surface area contributed by atoms with Crippen LogP contribution < -0.4 is 5.32 Å². The molecule has 1 heterocycles. The van der Waals surface area contributed by atoms with Crippen LogP contribution in [0.2, 0.25) is 0 Å². The van der Waals surface area contributed by atoms with Crippen LogP contribution in [0.5, 0.6) is 0 Å². The second-order valence-electron chi connectivity index (χ2n) is 4.97. The van der Waals surface area contributed by atoms with Crippen LogP contribution >= 0.6 is 0 Å². The summed E-state index contributed by atoms with van der Waals surface area (Å²) in [6, 6.07) is 10.1. The molecular weight excluding hydrogens is 280 g/mol. The first kappa shape index (κ1) is 15.7. The Balaban J connectivity index is 2.13. The van der Waals surface area contributed by atoms with Crippen molar-refractivity contribution in [2.75, 3.05) is 7.11 Å². The Bertz CT molecular complexity index is 656. The summed E-state index contributed by atoms with van der Waals surface area (Å²) in [6.07, 6.45) is 3.43. The van der Waals surface area contributed by atoms with Gasteiger partial charge < -0.3 is 10.1 Å². The van der Waals surface area contributed by atoms with Gasteiger partial charge in [-0.2, -0.15) is 0 Å². The summed E-state index contributed by atoms with van der Waals surface area (Å²) in [5.74, 6) is -0.739. The van der Waals surface area contributed by atoms with E-state index in [-0.39, 0.29) is 12.3 Å². The van der Waals surface area contributed by atoms with Crippen molar-refractivity contribution in [1.82, 2.24) is 10.3 Å². The first-order valence-corrected chi connectivity index (χ1v) is 6.93. The fraction of sp³-hybridized carbons (Fsp3) is 0.235. The van der Waals surface area contributed by atoms with Crippen LogP contribution in [0, 0.1) is 6.92 Å². The van der Waals surface area contributed by atoms with E-state index in [2.05, 4.69) is 10.3 Å². The summed E-state index contributed by atoms with van der Waals surface area (Å²) < 4.78 is 4.79. The summed E-state index contributed by atoms with van der Waals surface area (Å²) in [4.78, 5) is 28.0. The van der Waals surface area contributed by atoms with Crippen LogP contribution in [0.3, 0.4) is 0 Å². The van der Waals surface area contributed by atoms with E-state index in [1.807, 2.05) is 25.1 Å². The molecule has 114 valence electrons. The van der Waals surface area contributed by atoms with Gasteiger partial charge in [-0.15, -0.1) is 0 Å². The smallest absolute Gasteiger partial charge is 0.333 e. The van der Waals surface area contributed by atoms with Gasteiger partial charge in [0.15, 0.2) is 6.04 Å². The van der Waals surface area contributed by atoms with Crippen LogP contribution in [0.15, 0.2) is 48.8 Å². The average Bonchev–Trinajstić information content (AvgIpc) is 2.53. The van der Waals surface area contributed by atoms with Crippen molar-refractivity contribution in [2.24, 2.45) is 0 Å². The summed E-state index contributed by atoms with van der Waals surface area (Å²) in [5.41, 5.74) is 2.55. The second-order valence-corrected chi connectivity index (χ2v) is 4.97. The van der Waals surface area contributed by atoms with E-state index in [0.29, 0.717) is 5.56 Å². The van der Waals surface area contributed by atoms with E-state index in [9.17, 15) is 9.59 Å². The lowest BCUT2D eigenvalue weighted by molar-refractivity contribution is -0.145. The fourth-order valence-corrected chi connectivity index (χ4v) is 2.14. The molecule has 0 spiro atoms. The Labute approximate surface area is 129 Å². The van der Waals surface area contributed by atoms with Gasteiger partial charge in [-0.3, -0.25) is 9.78 Å². The molecule has 1 aromatic heterocycles. The predicted molar refractivity (Wildman–Crippen MR) is 82.0 cm³/mol. The van der Waals surface area contributed by atoms with Crippen molar-refractivity contribution in [3.05, 3.63) is 65.5 Å². The van der Waals surface area contributed by atoms with Crippen molar-refractivity contribution in [3.63, 3.8) is 0 Å². The lowest BCUT2D eigenvalue weighted by Crippen LogP contribution is -2.35. The van der Waals surface area contributed by atoms with Crippen LogP contribution in [0.1, 0.15) is 22.7 Å². The van der Waals surface area contributed by atoms with Crippen molar-refractivity contribution in [2.45, 2.75) is 19.4 Å². The zero-order chi connectivity index (χ0) is 15.9. The summed E-state index contributed by atoms with van der Waals surface area (Å²) in [7, 11) is 1.31. The first-order valence-electron chi connectivity index (χ1n) is 6.93. The van der Waals surface area contributed by atoms with E-state index in [4.69, 9.17) is 4.74 Å². The highest BCUT2D eigenvalue weighted by molar-refractivity contribution is 5.86. The molecular formula is C17H18N2O3. The highest BCUT2D eigenvalue weighted by Crippen LogP contribution is 2.16. The molecule has 5 heteroatoms. The van der Waals surface area contributed by atoms with Crippen molar-refractivity contribution < 1.29 is 14.3 Å². The predicted octanol–water partition coefficient (Wildman–Crippen LogP) is 1.96. The fourth-order valence-electron chi connectivity index (χ4n) is 2.14. The number of nitrogens with zero attached hydrogens (tertiary/aromatic N) is 1. The van der Waals surface area contributed by atoms with Gasteiger partial charge in [0.1, 0.15) is 0 Å². The molecule has 0 fully saturated rings. The molecule has 0 saturated carbocycles. The Kier molecular flexibility index (Phi) is 5.25. The van der Waals surface area contributed by atoms with Crippen molar-refractivity contribution >= 4 is 11.9 Å². The number of hydrogen-bond acceptors (Lipinski definition) is 4. The Hall–Kier alpha value is -2.69. The van der Waals surface area contributed by atoms with Gasteiger partial charge in [-0.1, -0.05) is 29.8 Å². The molecule has 1 unspecified atom stereocenters. The number of aryl methyl sites for hydroxylation is 1. The van der Waals surface area contributed by atoms with Gasteiger partial charge in [0.2, 0.25) is 5.91 Å². The summed E-state index contributed by atoms with van der Waals surface area (Å²) >= 11 is 0. The van der Waals surface area contributed by atoms with Crippen LogP contribution in [-0.4, -0.2) is 24.0 Å². The minimum Gasteiger partial charge on any atom is -0.467 e. The van der Waals surface area contributed by atoms with Crippen LogP contribution in [0.25, 0.3) is 0 Å². The van der Waals surface area contributed by atoms with E-state index in [1.165, 1.54) is 7.11 Å². The average molecular weight is 298 g/mol. The monoisotopic (exact) mass is 298 g/mol. The number of aromatic nitrogens is 1. The normalized spacial score (nSPS) is 11.5. The molecule has 1 aromatic carbocycles. The Morgan fingerprint density at radius 1 is 1.23 bits per heavy atom. The maximum absolute atomic E-state index is 12.2. The first-order chi connectivity index (χ1) is 10.6. The largest absolute Gasteiger partial charge is 0.467 e. The molecule has 2 aromatic rings. The number of pyridine rings is 1. The number of hydrogen-bond donors (Lipinski definition) is 1. The molecule has 22 heavy (non-hydrogen) atoms. The lowest BCUT2D eigenvalue weighted by atomic mass is 10.0. The molecule has 0 aliphatic rings. The van der Waals surface area contributed by atoms with Gasteiger partial charge in [0, 0.05) is 12.4 Å². The molecule has 1 N–H and O–H groups in total. The quantitative estimate of drug-likeness (QED) is 0.857. The lowest BCUT2D eigenvalue weighted by Gasteiger charge is -2.17. The number of ether oxygens (including phenoxy) is 1. The molecule has 0 aliphatic heterocycles. The number of carbonyl (C=O) groups is 2. The highest BCUT2D eigenvalue weighted by Gasteiger charge is 2.23. The number of benzene rings is 1. The van der Waals surface area contributed by atoms with Crippen molar-refractivity contribution in [1.29, 1.82) is 0 Å². The molecule has 0 radical (unpaired) electrons. The Morgan fingerprint density at radius 3 is 2.59 bits per heavy atom. The SMILES string of the molecule is COC(=O)C(NC(=O)Cc1ccncc1)c1cccc(C)c1. The van der Waals surface area contributed by atoms with E-state index >= 15 is 0 Å². The standard InChI is InChI=1S/C17H18N2O3/c1-12-4-3-5-14(10-12)16(17(21)22-2)19-15(20)11-13-6-8-18-9-7-13/h3-10,16H,11H2,1-2H3,(H,19,20). The third-order valence-corrected chi connectivity index (χ3v) is 3.23. The van der Waals surface area contributed by atoms with Gasteiger partial charge in [0.05, 0.1) is 13.5 Å². The molecule has 0 aliphatic carbocycles. The summed E-state index contributed by atoms with van der Waals surface area (Å²) in [6.45, 7) is 1.93. The maximum Gasteiger partial charge on any atom is 0.333 e. The second kappa shape index (κ2) is 7.36. The minimum atomic E-state index is -0.806. The van der Waals surface area contributed by atoms with Crippen molar-refractivity contribution in [3.8, 4) is 0 Å². The molecule has 1 atom stereocenters. The molecule has 2 rings (SSSR count). The van der Waals surface area contributed by atoms with E-state index in [1.54, 1.807) is 30.6 Å². The molecule has 0 saturated heterocycles. The third kappa shape index (κ3) is 4.15. The zero-order valence-electron chi connectivity index (χ0n) is 12.6.